The van der Waals surface area contributed by atoms with Gasteiger partial charge in [0, 0.05) is 63.1 Å². The van der Waals surface area contributed by atoms with Crippen LogP contribution in [0, 0.1) is 0 Å². The van der Waals surface area contributed by atoms with Gasteiger partial charge >= 0.3 is 0 Å². The van der Waals surface area contributed by atoms with Gasteiger partial charge in [0.2, 0.25) is 5.91 Å². The van der Waals surface area contributed by atoms with Gasteiger partial charge in [-0.2, -0.15) is 5.10 Å². The molecule has 4 aromatic rings. The number of aromatic nitrogens is 5. The summed E-state index contributed by atoms with van der Waals surface area (Å²) in [6, 6.07) is 9.39. The van der Waals surface area contributed by atoms with Crippen LogP contribution in [0.3, 0.4) is 0 Å². The molecule has 0 saturated carbocycles. The van der Waals surface area contributed by atoms with E-state index in [2.05, 4.69) is 14.6 Å². The van der Waals surface area contributed by atoms with Crippen molar-refractivity contribution in [3.8, 4) is 22.8 Å². The van der Waals surface area contributed by atoms with Gasteiger partial charge in [-0.1, -0.05) is 0 Å². The van der Waals surface area contributed by atoms with Crippen molar-refractivity contribution in [3.05, 3.63) is 54.4 Å². The first kappa shape index (κ1) is 23.5. The van der Waals surface area contributed by atoms with Crippen LogP contribution in [0.2, 0.25) is 0 Å². The predicted octanol–water partition coefficient (Wildman–Crippen LogP) is 3.09. The van der Waals surface area contributed by atoms with E-state index >= 15 is 0 Å². The topological polar surface area (TPSA) is 99.7 Å². The van der Waals surface area contributed by atoms with Crippen LogP contribution in [0.5, 0.6) is 11.5 Å². The molecule has 0 unspecified atom stereocenters. The number of ether oxygens (including phenoxy) is 2. The van der Waals surface area contributed by atoms with Crippen LogP contribution >= 0.6 is 0 Å². The summed E-state index contributed by atoms with van der Waals surface area (Å²) in [5, 5.41) is 4.26. The van der Waals surface area contributed by atoms with Crippen molar-refractivity contribution >= 4 is 22.8 Å². The lowest BCUT2D eigenvalue weighted by Crippen LogP contribution is -2.28. The zero-order valence-corrected chi connectivity index (χ0v) is 20.7. The van der Waals surface area contributed by atoms with Gasteiger partial charge in [-0.05, 0) is 25.0 Å². The maximum Gasteiger partial charge on any atom is 0.222 e. The Morgan fingerprint density at radius 2 is 1.86 bits per heavy atom. The number of likely N-dealkylation sites (tertiary alicyclic amines) is 1. The molecule has 0 bridgehead atoms. The molecule has 1 aliphatic heterocycles. The van der Waals surface area contributed by atoms with Crippen LogP contribution in [0.25, 0.3) is 22.4 Å². The van der Waals surface area contributed by atoms with Crippen LogP contribution in [0.15, 0.2) is 53.9 Å². The summed E-state index contributed by atoms with van der Waals surface area (Å²) < 4.78 is 14.6. The van der Waals surface area contributed by atoms with Gasteiger partial charge in [0.05, 0.1) is 38.0 Å². The Morgan fingerprint density at radius 1 is 1.06 bits per heavy atom. The molecule has 1 amide bonds. The Kier molecular flexibility index (Phi) is 6.66. The number of carbonyl (C=O) groups is 1. The summed E-state index contributed by atoms with van der Waals surface area (Å²) in [5.74, 6) is 1.54. The molecule has 36 heavy (non-hydrogen) atoms. The molecule has 5 rings (SSSR count). The number of amides is 1. The molecule has 186 valence electrons. The molecule has 1 aromatic carbocycles. The quantitative estimate of drug-likeness (QED) is 0.379. The molecule has 0 radical (unpaired) electrons. The predicted molar refractivity (Wildman–Crippen MR) is 135 cm³/mol. The van der Waals surface area contributed by atoms with E-state index in [9.17, 15) is 4.79 Å². The first-order valence-corrected chi connectivity index (χ1v) is 12.0. The Hall–Kier alpha value is -4.21. The second-order valence-corrected chi connectivity index (χ2v) is 8.73. The summed E-state index contributed by atoms with van der Waals surface area (Å²) in [5.41, 5.74) is 4.54. The summed E-state index contributed by atoms with van der Waals surface area (Å²) in [4.78, 5) is 28.6. The van der Waals surface area contributed by atoms with Crippen molar-refractivity contribution in [2.45, 2.75) is 25.8 Å². The van der Waals surface area contributed by atoms with Crippen molar-refractivity contribution in [1.29, 1.82) is 0 Å². The van der Waals surface area contributed by atoms with Gasteiger partial charge in [-0.25, -0.2) is 9.98 Å². The van der Waals surface area contributed by atoms with Gasteiger partial charge in [-0.15, -0.1) is 0 Å². The van der Waals surface area contributed by atoms with Gasteiger partial charge in [0.25, 0.3) is 0 Å². The Bertz CT molecular complexity index is 1450. The van der Waals surface area contributed by atoms with E-state index in [0.717, 1.165) is 47.3 Å². The molecule has 0 atom stereocenters. The fourth-order valence-electron chi connectivity index (χ4n) is 4.42. The zero-order chi connectivity index (χ0) is 25.1. The van der Waals surface area contributed by atoms with E-state index in [4.69, 9.17) is 19.5 Å². The van der Waals surface area contributed by atoms with Crippen molar-refractivity contribution in [3.63, 3.8) is 0 Å². The van der Waals surface area contributed by atoms with Crippen molar-refractivity contribution in [1.82, 2.24) is 29.2 Å². The van der Waals surface area contributed by atoms with Gasteiger partial charge < -0.3 is 18.9 Å². The number of methoxy groups -OCH3 is 2. The molecule has 10 heteroatoms. The summed E-state index contributed by atoms with van der Waals surface area (Å²) in [6.07, 6.45) is 7.79. The maximum absolute atomic E-state index is 12.1. The summed E-state index contributed by atoms with van der Waals surface area (Å²) >= 11 is 0. The largest absolute Gasteiger partial charge is 0.497 e. The lowest BCUT2D eigenvalue weighted by Gasteiger charge is -2.17. The molecule has 0 N–H and O–H groups in total. The standard InChI is InChI=1S/C26H29N7O3/c1-31-17-18(15-28-31)23-16-27-22-7-8-24(29-19-12-20(35-2)14-21(13-19)36-3)33(26(22)30-23)11-5-10-32-9-4-6-25(32)34/h7-8,12-17H,4-6,9-11H2,1-3H3. The number of carbonyl (C=O) groups excluding carboxylic acids is 1. The first-order chi connectivity index (χ1) is 17.5. The van der Waals surface area contributed by atoms with Crippen molar-refractivity contribution in [2.24, 2.45) is 12.0 Å². The Balaban J connectivity index is 1.60. The molecule has 3 aromatic heterocycles. The zero-order valence-electron chi connectivity index (χ0n) is 20.7. The second kappa shape index (κ2) is 10.2. The Labute approximate surface area is 208 Å². The molecule has 0 spiro atoms. The van der Waals surface area contributed by atoms with Crippen LogP contribution in [0.4, 0.5) is 5.69 Å². The fourth-order valence-corrected chi connectivity index (χ4v) is 4.42. The van der Waals surface area contributed by atoms with E-state index in [0.29, 0.717) is 36.7 Å². The molecule has 10 nitrogen and oxygen atoms in total. The highest BCUT2D eigenvalue weighted by molar-refractivity contribution is 5.78. The van der Waals surface area contributed by atoms with Gasteiger partial charge in [-0.3, -0.25) is 14.5 Å². The maximum atomic E-state index is 12.1. The van der Waals surface area contributed by atoms with Crippen molar-refractivity contribution < 1.29 is 14.3 Å². The number of nitrogens with zero attached hydrogens (tertiary/aromatic N) is 7. The second-order valence-electron chi connectivity index (χ2n) is 8.73. The third-order valence-electron chi connectivity index (χ3n) is 6.27. The van der Waals surface area contributed by atoms with Gasteiger partial charge in [0.1, 0.15) is 22.5 Å². The number of fused-ring (bicyclic) bond motifs is 1. The molecule has 1 saturated heterocycles. The van der Waals surface area contributed by atoms with Crippen LogP contribution in [-0.2, 0) is 18.4 Å². The third-order valence-corrected chi connectivity index (χ3v) is 6.27. The number of pyridine rings is 1. The number of rotatable bonds is 8. The van der Waals surface area contributed by atoms with Crippen LogP contribution in [-0.4, -0.2) is 62.4 Å². The average molecular weight is 488 g/mol. The molecule has 4 heterocycles. The number of benzene rings is 1. The Morgan fingerprint density at radius 3 is 2.53 bits per heavy atom. The van der Waals surface area contributed by atoms with E-state index in [1.165, 1.54) is 0 Å². The third kappa shape index (κ3) is 4.93. The molecule has 0 aliphatic carbocycles. The smallest absolute Gasteiger partial charge is 0.222 e. The van der Waals surface area contributed by atoms with Crippen LogP contribution in [0.1, 0.15) is 19.3 Å². The lowest BCUT2D eigenvalue weighted by molar-refractivity contribution is -0.127. The number of hydrogen-bond acceptors (Lipinski definition) is 7. The van der Waals surface area contributed by atoms with Gasteiger partial charge in [0.15, 0.2) is 5.65 Å². The minimum absolute atomic E-state index is 0.227. The van der Waals surface area contributed by atoms with Crippen LogP contribution < -0.4 is 15.0 Å². The highest BCUT2D eigenvalue weighted by Gasteiger charge is 2.19. The highest BCUT2D eigenvalue weighted by Crippen LogP contribution is 2.27. The SMILES string of the molecule is COc1cc(N=c2ccc3ncc(-c4cnn(C)c4)nc3n2CCCN2CCCC2=O)cc(OC)c1. The fraction of sp³-hybridized carbons (Fsp3) is 0.346. The van der Waals surface area contributed by atoms with E-state index in [1.54, 1.807) is 31.3 Å². The highest BCUT2D eigenvalue weighted by atomic mass is 16.5. The average Bonchev–Trinajstić information content (AvgIpc) is 3.52. The number of aryl methyl sites for hydroxylation is 2. The minimum Gasteiger partial charge on any atom is -0.497 e. The van der Waals surface area contributed by atoms with E-state index in [1.807, 2.05) is 48.5 Å². The first-order valence-electron chi connectivity index (χ1n) is 12.0. The van der Waals surface area contributed by atoms with E-state index in [-0.39, 0.29) is 5.91 Å². The molecule has 1 aliphatic rings. The summed E-state index contributed by atoms with van der Waals surface area (Å²) in [7, 11) is 5.10. The summed E-state index contributed by atoms with van der Waals surface area (Å²) in [6.45, 7) is 2.15. The van der Waals surface area contributed by atoms with E-state index < -0.39 is 0 Å². The monoisotopic (exact) mass is 487 g/mol. The van der Waals surface area contributed by atoms with Crippen molar-refractivity contribution in [2.75, 3.05) is 27.3 Å². The lowest BCUT2D eigenvalue weighted by atomic mass is 10.2. The molecular formula is C26H29N7O3. The number of hydrogen-bond donors (Lipinski definition) is 0. The minimum atomic E-state index is 0.227. The normalized spacial score (nSPS) is 14.1. The molecule has 1 fully saturated rings. The molecular weight excluding hydrogens is 458 g/mol.